The molecule has 0 aromatic heterocycles. The fourth-order valence-corrected chi connectivity index (χ4v) is 6.67. The summed E-state index contributed by atoms with van der Waals surface area (Å²) in [4.78, 5) is 17.8. The molecule has 134 valence electrons. The first-order valence-corrected chi connectivity index (χ1v) is 10.3. The zero-order valence-electron chi connectivity index (χ0n) is 14.7. The summed E-state index contributed by atoms with van der Waals surface area (Å²) in [6.07, 6.45) is 6.74. The van der Waals surface area contributed by atoms with Crippen LogP contribution in [0.4, 0.5) is 5.69 Å². The van der Waals surface area contributed by atoms with Gasteiger partial charge in [0, 0.05) is 32.1 Å². The lowest BCUT2D eigenvalue weighted by molar-refractivity contribution is -0.149. The summed E-state index contributed by atoms with van der Waals surface area (Å²) in [5.74, 6) is 4.04. The molecule has 5 aliphatic rings. The summed E-state index contributed by atoms with van der Waals surface area (Å²) < 4.78 is 0. The summed E-state index contributed by atoms with van der Waals surface area (Å²) in [6, 6.07) is 8.03. The summed E-state index contributed by atoms with van der Waals surface area (Å²) in [7, 11) is 0. The number of nitrogens with zero attached hydrogens (tertiary/aromatic N) is 2. The highest BCUT2D eigenvalue weighted by molar-refractivity contribution is 6.33. The maximum atomic E-state index is 13.3. The molecular weight excluding hydrogens is 332 g/mol. The number of para-hydroxylation sites is 1. The molecule has 1 saturated heterocycles. The minimum atomic E-state index is 0.333. The first kappa shape index (κ1) is 16.0. The van der Waals surface area contributed by atoms with E-state index < -0.39 is 0 Å². The molecule has 5 fully saturated rings. The third-order valence-corrected chi connectivity index (χ3v) is 7.62. The van der Waals surface area contributed by atoms with Gasteiger partial charge >= 0.3 is 0 Å². The van der Waals surface area contributed by atoms with Crippen LogP contribution in [-0.2, 0) is 4.79 Å². The van der Waals surface area contributed by atoms with Crippen molar-refractivity contribution in [2.75, 3.05) is 31.1 Å². The van der Waals surface area contributed by atoms with Crippen LogP contribution in [0.1, 0.15) is 32.1 Å². The van der Waals surface area contributed by atoms with Crippen molar-refractivity contribution in [1.82, 2.24) is 4.90 Å². The van der Waals surface area contributed by atoms with Gasteiger partial charge in [-0.1, -0.05) is 23.7 Å². The molecule has 0 spiro atoms. The first-order chi connectivity index (χ1) is 12.2. The van der Waals surface area contributed by atoms with Crippen LogP contribution in [0, 0.1) is 29.6 Å². The Bertz CT molecular complexity index is 640. The molecule has 0 unspecified atom stereocenters. The van der Waals surface area contributed by atoms with Crippen LogP contribution in [0.5, 0.6) is 0 Å². The zero-order chi connectivity index (χ0) is 17.0. The summed E-state index contributed by atoms with van der Waals surface area (Å²) in [6.45, 7) is 3.46. The maximum absolute atomic E-state index is 13.3. The molecule has 4 heteroatoms. The van der Waals surface area contributed by atoms with Gasteiger partial charge in [-0.25, -0.2) is 0 Å². The Balaban J connectivity index is 1.25. The molecule has 1 aliphatic heterocycles. The number of rotatable bonds is 2. The van der Waals surface area contributed by atoms with Gasteiger partial charge in [0.15, 0.2) is 0 Å². The van der Waals surface area contributed by atoms with Gasteiger partial charge in [-0.2, -0.15) is 0 Å². The Morgan fingerprint density at radius 1 is 0.880 bits per heavy atom. The van der Waals surface area contributed by atoms with E-state index >= 15 is 0 Å². The largest absolute Gasteiger partial charge is 0.367 e. The van der Waals surface area contributed by atoms with Crippen LogP contribution in [0.15, 0.2) is 24.3 Å². The van der Waals surface area contributed by atoms with Gasteiger partial charge in [0.25, 0.3) is 0 Å². The lowest BCUT2D eigenvalue weighted by Gasteiger charge is -2.54. The topological polar surface area (TPSA) is 23.6 Å². The Morgan fingerprint density at radius 3 is 2.08 bits per heavy atom. The fraction of sp³-hybridized carbons (Fsp3) is 0.667. The highest BCUT2D eigenvalue weighted by Gasteiger charge is 2.51. The number of hydrogen-bond acceptors (Lipinski definition) is 2. The molecule has 4 aliphatic carbocycles. The van der Waals surface area contributed by atoms with Crippen LogP contribution in [-0.4, -0.2) is 37.0 Å². The average Bonchev–Trinajstić information content (AvgIpc) is 2.61. The summed E-state index contributed by atoms with van der Waals surface area (Å²) >= 11 is 6.34. The Morgan fingerprint density at radius 2 is 1.48 bits per heavy atom. The van der Waals surface area contributed by atoms with Gasteiger partial charge in [-0.3, -0.25) is 4.79 Å². The van der Waals surface area contributed by atoms with Gasteiger partial charge < -0.3 is 9.80 Å². The number of carbonyl (C=O) groups excluding carboxylic acids is 1. The normalized spacial score (nSPS) is 36.8. The second-order valence-corrected chi connectivity index (χ2v) is 9.13. The Hall–Kier alpha value is -1.22. The molecule has 4 saturated carbocycles. The monoisotopic (exact) mass is 358 g/mol. The molecular formula is C21H27ClN2O. The second kappa shape index (κ2) is 6.19. The molecule has 25 heavy (non-hydrogen) atoms. The number of piperazine rings is 1. The van der Waals surface area contributed by atoms with Crippen molar-refractivity contribution in [2.24, 2.45) is 29.6 Å². The van der Waals surface area contributed by atoms with Crippen molar-refractivity contribution in [3.63, 3.8) is 0 Å². The van der Waals surface area contributed by atoms with E-state index in [1.54, 1.807) is 0 Å². The van der Waals surface area contributed by atoms with Crippen LogP contribution < -0.4 is 4.90 Å². The standard InChI is InChI=1S/C21H27ClN2O/c22-18-3-1-2-4-19(18)23-5-7-24(8-6-23)21(25)20-16-10-14-9-15(12-16)13-17(20)11-14/h1-4,14-17,20H,5-13H2. The van der Waals surface area contributed by atoms with Gasteiger partial charge in [0.05, 0.1) is 10.7 Å². The van der Waals surface area contributed by atoms with Gasteiger partial charge in [-0.15, -0.1) is 0 Å². The lowest BCUT2D eigenvalue weighted by atomic mass is 9.51. The number of hydrogen-bond donors (Lipinski definition) is 0. The van der Waals surface area contributed by atoms with E-state index in [1.165, 1.54) is 32.1 Å². The second-order valence-electron chi connectivity index (χ2n) is 8.72. The zero-order valence-corrected chi connectivity index (χ0v) is 15.5. The average molecular weight is 359 g/mol. The van der Waals surface area contributed by atoms with E-state index in [-0.39, 0.29) is 0 Å². The molecule has 1 heterocycles. The van der Waals surface area contributed by atoms with E-state index in [4.69, 9.17) is 11.6 Å². The van der Waals surface area contributed by atoms with Crippen molar-refractivity contribution < 1.29 is 4.79 Å². The number of amides is 1. The van der Waals surface area contributed by atoms with Crippen LogP contribution in [0.25, 0.3) is 0 Å². The van der Waals surface area contributed by atoms with Crippen molar-refractivity contribution in [1.29, 1.82) is 0 Å². The Kier molecular flexibility index (Phi) is 3.96. The van der Waals surface area contributed by atoms with Crippen molar-refractivity contribution in [2.45, 2.75) is 32.1 Å². The van der Waals surface area contributed by atoms with E-state index in [1.807, 2.05) is 18.2 Å². The minimum absolute atomic E-state index is 0.333. The van der Waals surface area contributed by atoms with Crippen molar-refractivity contribution in [3.05, 3.63) is 29.3 Å². The van der Waals surface area contributed by atoms with E-state index in [0.29, 0.717) is 23.7 Å². The maximum Gasteiger partial charge on any atom is 0.226 e. The number of anilines is 1. The quantitative estimate of drug-likeness (QED) is 0.795. The van der Waals surface area contributed by atoms with Crippen LogP contribution in [0.2, 0.25) is 5.02 Å². The third kappa shape index (κ3) is 2.75. The molecule has 1 aromatic carbocycles. The molecule has 4 bridgehead atoms. The molecule has 3 nitrogen and oxygen atoms in total. The van der Waals surface area contributed by atoms with Gasteiger partial charge in [0.1, 0.15) is 0 Å². The van der Waals surface area contributed by atoms with Gasteiger partial charge in [-0.05, 0) is 67.9 Å². The number of halogens is 1. The van der Waals surface area contributed by atoms with Crippen molar-refractivity contribution in [3.8, 4) is 0 Å². The molecule has 6 rings (SSSR count). The SMILES string of the molecule is O=C(C1C2CC3CC(C2)CC1C3)N1CCN(c2ccccc2Cl)CC1. The minimum Gasteiger partial charge on any atom is -0.367 e. The first-order valence-electron chi connectivity index (χ1n) is 9.97. The van der Waals surface area contributed by atoms with Crippen LogP contribution >= 0.6 is 11.6 Å². The molecule has 0 atom stereocenters. The van der Waals surface area contributed by atoms with Crippen molar-refractivity contribution >= 4 is 23.2 Å². The predicted molar refractivity (Wildman–Crippen MR) is 101 cm³/mol. The molecule has 0 radical (unpaired) electrons. The summed E-state index contributed by atoms with van der Waals surface area (Å²) in [5, 5.41) is 0.809. The Labute approximate surface area is 155 Å². The van der Waals surface area contributed by atoms with E-state index in [2.05, 4.69) is 15.9 Å². The fourth-order valence-electron chi connectivity index (χ4n) is 6.42. The molecule has 1 aromatic rings. The number of benzene rings is 1. The predicted octanol–water partition coefficient (Wildman–Crippen LogP) is 4.06. The van der Waals surface area contributed by atoms with E-state index in [9.17, 15) is 4.79 Å². The molecule has 1 amide bonds. The highest BCUT2D eigenvalue weighted by atomic mass is 35.5. The third-order valence-electron chi connectivity index (χ3n) is 7.30. The lowest BCUT2D eigenvalue weighted by Crippen LogP contribution is -2.56. The smallest absolute Gasteiger partial charge is 0.226 e. The van der Waals surface area contributed by atoms with Crippen LogP contribution in [0.3, 0.4) is 0 Å². The summed E-state index contributed by atoms with van der Waals surface area (Å²) in [5.41, 5.74) is 1.10. The highest BCUT2D eigenvalue weighted by Crippen LogP contribution is 2.56. The molecule has 0 N–H and O–H groups in total. The number of carbonyl (C=O) groups is 1. The van der Waals surface area contributed by atoms with E-state index in [0.717, 1.165) is 48.7 Å². The van der Waals surface area contributed by atoms with Gasteiger partial charge in [0.2, 0.25) is 5.91 Å².